The highest BCUT2D eigenvalue weighted by Crippen LogP contribution is 2.13. The molecule has 86 valence electrons. The first kappa shape index (κ1) is 12.2. The Morgan fingerprint density at radius 2 is 2.13 bits per heavy atom. The standard InChI is InChI=1S/C9H17N3O2S/c1-4-10-6-8-5-9(7-11-8)15(13,14)12(2)3/h5,7,10-11H,4,6H2,1-3H3. The normalized spacial score (nSPS) is 12.3. The fraction of sp³-hybridized carbons (Fsp3) is 0.556. The number of H-pyrrole nitrogens is 1. The van der Waals surface area contributed by atoms with Gasteiger partial charge < -0.3 is 10.3 Å². The molecule has 1 heterocycles. The van der Waals surface area contributed by atoms with E-state index in [1.165, 1.54) is 24.6 Å². The molecule has 0 bridgehead atoms. The molecule has 1 rings (SSSR count). The van der Waals surface area contributed by atoms with E-state index in [0.717, 1.165) is 12.2 Å². The summed E-state index contributed by atoms with van der Waals surface area (Å²) in [5.41, 5.74) is 0.872. The largest absolute Gasteiger partial charge is 0.363 e. The average Bonchev–Trinajstić information content (AvgIpc) is 2.63. The second-order valence-electron chi connectivity index (χ2n) is 3.43. The Hall–Kier alpha value is -0.850. The quantitative estimate of drug-likeness (QED) is 0.769. The second-order valence-corrected chi connectivity index (χ2v) is 5.58. The Bertz CT molecular complexity index is 409. The Morgan fingerprint density at radius 3 is 2.67 bits per heavy atom. The molecule has 0 unspecified atom stereocenters. The molecular formula is C9H17N3O2S. The lowest BCUT2D eigenvalue weighted by Crippen LogP contribution is -2.21. The van der Waals surface area contributed by atoms with Gasteiger partial charge in [-0.05, 0) is 12.6 Å². The zero-order valence-corrected chi connectivity index (χ0v) is 10.1. The van der Waals surface area contributed by atoms with Crippen LogP contribution in [0, 0.1) is 0 Å². The number of hydrogen-bond donors (Lipinski definition) is 2. The fourth-order valence-corrected chi connectivity index (χ4v) is 2.06. The molecule has 1 aromatic rings. The first-order valence-electron chi connectivity index (χ1n) is 4.79. The molecule has 0 aliphatic rings. The smallest absolute Gasteiger partial charge is 0.244 e. The maximum absolute atomic E-state index is 11.7. The topological polar surface area (TPSA) is 65.2 Å². The van der Waals surface area contributed by atoms with Gasteiger partial charge in [0.15, 0.2) is 0 Å². The van der Waals surface area contributed by atoms with Gasteiger partial charge in [-0.2, -0.15) is 0 Å². The molecule has 15 heavy (non-hydrogen) atoms. The highest BCUT2D eigenvalue weighted by atomic mass is 32.2. The molecule has 0 atom stereocenters. The molecule has 2 N–H and O–H groups in total. The Labute approximate surface area is 90.5 Å². The summed E-state index contributed by atoms with van der Waals surface area (Å²) in [6, 6.07) is 1.65. The van der Waals surface area contributed by atoms with E-state index in [0.29, 0.717) is 11.4 Å². The van der Waals surface area contributed by atoms with Crippen molar-refractivity contribution in [2.75, 3.05) is 20.6 Å². The van der Waals surface area contributed by atoms with Crippen molar-refractivity contribution in [2.45, 2.75) is 18.4 Å². The number of aromatic amines is 1. The van der Waals surface area contributed by atoms with Crippen molar-refractivity contribution in [1.82, 2.24) is 14.6 Å². The fourth-order valence-electron chi connectivity index (χ4n) is 1.14. The van der Waals surface area contributed by atoms with Crippen LogP contribution in [-0.4, -0.2) is 38.3 Å². The number of rotatable bonds is 5. The molecule has 6 heteroatoms. The van der Waals surface area contributed by atoms with Crippen LogP contribution in [0.4, 0.5) is 0 Å². The molecule has 0 aliphatic heterocycles. The SMILES string of the molecule is CCNCc1cc(S(=O)(=O)N(C)C)c[nH]1. The molecule has 0 spiro atoms. The lowest BCUT2D eigenvalue weighted by molar-refractivity contribution is 0.521. The van der Waals surface area contributed by atoms with Gasteiger partial charge in [0.2, 0.25) is 10.0 Å². The molecule has 1 aromatic heterocycles. The minimum atomic E-state index is -3.31. The van der Waals surface area contributed by atoms with Gasteiger partial charge in [0.1, 0.15) is 0 Å². The van der Waals surface area contributed by atoms with Crippen molar-refractivity contribution >= 4 is 10.0 Å². The van der Waals surface area contributed by atoms with Crippen molar-refractivity contribution in [1.29, 1.82) is 0 Å². The van der Waals surface area contributed by atoms with Gasteiger partial charge in [0, 0.05) is 32.5 Å². The van der Waals surface area contributed by atoms with Gasteiger partial charge in [0.05, 0.1) is 4.90 Å². The average molecular weight is 231 g/mol. The van der Waals surface area contributed by atoms with Crippen molar-refractivity contribution in [3.05, 3.63) is 18.0 Å². The van der Waals surface area contributed by atoms with Crippen LogP contribution in [0.3, 0.4) is 0 Å². The van der Waals surface area contributed by atoms with Crippen molar-refractivity contribution in [3.63, 3.8) is 0 Å². The van der Waals surface area contributed by atoms with Crippen molar-refractivity contribution < 1.29 is 8.42 Å². The summed E-state index contributed by atoms with van der Waals surface area (Å²) in [6.45, 7) is 3.51. The number of hydrogen-bond acceptors (Lipinski definition) is 3. The molecular weight excluding hydrogens is 214 g/mol. The van der Waals surface area contributed by atoms with E-state index in [1.54, 1.807) is 6.07 Å². The first-order valence-corrected chi connectivity index (χ1v) is 6.23. The third-order valence-electron chi connectivity index (χ3n) is 2.06. The highest BCUT2D eigenvalue weighted by Gasteiger charge is 2.18. The molecule has 0 aromatic carbocycles. The number of nitrogens with zero attached hydrogens (tertiary/aromatic N) is 1. The van der Waals surface area contributed by atoms with Crippen LogP contribution >= 0.6 is 0 Å². The van der Waals surface area contributed by atoms with Crippen LogP contribution in [-0.2, 0) is 16.6 Å². The molecule has 0 saturated carbocycles. The summed E-state index contributed by atoms with van der Waals surface area (Å²) in [4.78, 5) is 3.24. The van der Waals surface area contributed by atoms with Crippen LogP contribution in [0.25, 0.3) is 0 Å². The Kier molecular flexibility index (Phi) is 3.90. The summed E-state index contributed by atoms with van der Waals surface area (Å²) in [7, 11) is -0.267. The summed E-state index contributed by atoms with van der Waals surface area (Å²) < 4.78 is 24.6. The first-order chi connectivity index (χ1) is 6.98. The summed E-state index contributed by atoms with van der Waals surface area (Å²) in [6.07, 6.45) is 1.52. The van der Waals surface area contributed by atoms with E-state index >= 15 is 0 Å². The Balaban J connectivity index is 2.85. The van der Waals surface area contributed by atoms with Gasteiger partial charge in [-0.1, -0.05) is 6.92 Å². The lowest BCUT2D eigenvalue weighted by atomic mass is 10.4. The van der Waals surface area contributed by atoms with Gasteiger partial charge in [-0.15, -0.1) is 0 Å². The van der Waals surface area contributed by atoms with E-state index in [2.05, 4.69) is 10.3 Å². The molecule has 5 nitrogen and oxygen atoms in total. The van der Waals surface area contributed by atoms with Gasteiger partial charge in [-0.3, -0.25) is 0 Å². The van der Waals surface area contributed by atoms with Crippen LogP contribution in [0.2, 0.25) is 0 Å². The van der Waals surface area contributed by atoms with E-state index < -0.39 is 10.0 Å². The molecule has 0 amide bonds. The number of nitrogens with one attached hydrogen (secondary N) is 2. The maximum atomic E-state index is 11.7. The zero-order valence-electron chi connectivity index (χ0n) is 9.24. The zero-order chi connectivity index (χ0) is 11.5. The summed E-state index contributed by atoms with van der Waals surface area (Å²) >= 11 is 0. The predicted octanol–water partition coefficient (Wildman–Crippen LogP) is 0.374. The summed E-state index contributed by atoms with van der Waals surface area (Å²) in [5, 5.41) is 3.12. The van der Waals surface area contributed by atoms with E-state index in [9.17, 15) is 8.42 Å². The van der Waals surface area contributed by atoms with Crippen LogP contribution in [0.15, 0.2) is 17.2 Å². The van der Waals surface area contributed by atoms with Crippen molar-refractivity contribution in [2.24, 2.45) is 0 Å². The number of sulfonamides is 1. The van der Waals surface area contributed by atoms with E-state index in [1.807, 2.05) is 6.92 Å². The minimum absolute atomic E-state index is 0.306. The number of aromatic nitrogens is 1. The van der Waals surface area contributed by atoms with Gasteiger partial charge in [-0.25, -0.2) is 12.7 Å². The van der Waals surface area contributed by atoms with Gasteiger partial charge >= 0.3 is 0 Å². The van der Waals surface area contributed by atoms with Crippen LogP contribution in [0.5, 0.6) is 0 Å². The van der Waals surface area contributed by atoms with Gasteiger partial charge in [0.25, 0.3) is 0 Å². The lowest BCUT2D eigenvalue weighted by Gasteiger charge is -2.08. The van der Waals surface area contributed by atoms with Crippen LogP contribution in [0.1, 0.15) is 12.6 Å². The third-order valence-corrected chi connectivity index (χ3v) is 3.85. The molecule has 0 aliphatic carbocycles. The Morgan fingerprint density at radius 1 is 1.47 bits per heavy atom. The molecule has 0 radical (unpaired) electrons. The second kappa shape index (κ2) is 4.78. The third kappa shape index (κ3) is 2.80. The highest BCUT2D eigenvalue weighted by molar-refractivity contribution is 7.89. The van der Waals surface area contributed by atoms with E-state index in [-0.39, 0.29) is 0 Å². The van der Waals surface area contributed by atoms with Crippen LogP contribution < -0.4 is 5.32 Å². The molecule has 0 fully saturated rings. The maximum Gasteiger partial charge on any atom is 0.244 e. The van der Waals surface area contributed by atoms with Crippen molar-refractivity contribution in [3.8, 4) is 0 Å². The monoisotopic (exact) mass is 231 g/mol. The summed E-state index contributed by atoms with van der Waals surface area (Å²) in [5.74, 6) is 0. The van der Waals surface area contributed by atoms with E-state index in [4.69, 9.17) is 0 Å². The predicted molar refractivity (Wildman–Crippen MR) is 59.0 cm³/mol. The minimum Gasteiger partial charge on any atom is -0.363 e. The molecule has 0 saturated heterocycles.